The maximum atomic E-state index is 13.1. The molecule has 0 radical (unpaired) electrons. The van der Waals surface area contributed by atoms with Crippen molar-refractivity contribution in [3.8, 4) is 0 Å². The summed E-state index contributed by atoms with van der Waals surface area (Å²) in [5.41, 5.74) is 0. The average molecular weight is 981 g/mol. The van der Waals surface area contributed by atoms with Crippen LogP contribution >= 0.6 is 0 Å². The molecule has 0 aliphatic carbocycles. The van der Waals surface area contributed by atoms with Crippen LogP contribution < -0.4 is 5.32 Å². The van der Waals surface area contributed by atoms with Crippen molar-refractivity contribution >= 4 is 5.91 Å². The number of hydrogen-bond acceptors (Lipinski definition) is 8. The molecule has 9 heteroatoms. The van der Waals surface area contributed by atoms with Crippen molar-refractivity contribution in [2.75, 3.05) is 13.2 Å². The quantitative estimate of drug-likeness (QED) is 0.0261. The van der Waals surface area contributed by atoms with Crippen LogP contribution in [-0.2, 0) is 14.3 Å². The Morgan fingerprint density at radius 2 is 0.900 bits per heavy atom. The number of rotatable bonds is 47. The molecule has 0 aromatic rings. The fourth-order valence-corrected chi connectivity index (χ4v) is 8.39. The molecule has 1 aliphatic rings. The number of allylic oxidation sites excluding steroid dienone is 15. The summed E-state index contributed by atoms with van der Waals surface area (Å²) in [6.45, 7) is 3.64. The zero-order chi connectivity index (χ0) is 50.8. The summed E-state index contributed by atoms with van der Waals surface area (Å²) in [7, 11) is 0. The van der Waals surface area contributed by atoms with Gasteiger partial charge in [0.15, 0.2) is 6.29 Å². The second-order valence-corrected chi connectivity index (χ2v) is 19.3. The molecule has 1 heterocycles. The van der Waals surface area contributed by atoms with E-state index in [1.807, 2.05) is 6.08 Å². The third-order valence-electron chi connectivity index (χ3n) is 12.9. The molecule has 1 amide bonds. The first-order chi connectivity index (χ1) is 34.3. The molecule has 1 saturated heterocycles. The lowest BCUT2D eigenvalue weighted by molar-refractivity contribution is -0.302. The number of nitrogens with one attached hydrogen (secondary N) is 1. The van der Waals surface area contributed by atoms with Gasteiger partial charge in [-0.05, 0) is 89.9 Å². The highest BCUT2D eigenvalue weighted by molar-refractivity contribution is 5.76. The minimum atomic E-state index is -1.58. The largest absolute Gasteiger partial charge is 0.394 e. The molecule has 1 fully saturated rings. The van der Waals surface area contributed by atoms with Gasteiger partial charge < -0.3 is 40.3 Å². The third-order valence-corrected chi connectivity index (χ3v) is 12.9. The molecule has 0 bridgehead atoms. The molecule has 9 nitrogen and oxygen atoms in total. The standard InChI is InChI=1S/C61H105NO8/c1-3-5-7-9-11-13-15-17-19-21-23-25-26-27-28-29-30-31-33-35-37-39-41-43-45-47-49-51-57(65)62-54(53-69-61-60(68)59(67)58(66)56(52-63)70-61)55(64)50-48-46-44-42-40-38-36-34-32-24-22-20-18-16-14-12-10-8-6-4-2/h5,7,11,13,17,19,23,25,27-28,32,34,40,42,48,50,54-56,58-61,63-64,66-68H,3-4,6,8-10,12,14-16,18,20-22,24,26,29-31,33,35-39,41,43-47,49,51-53H2,1-2H3,(H,62,65)/b7-5-,13-11-,19-17-,25-23-,28-27-,34-32+,42-40+,50-48+. The Morgan fingerprint density at radius 1 is 0.500 bits per heavy atom. The maximum absolute atomic E-state index is 13.1. The average Bonchev–Trinajstić information content (AvgIpc) is 3.36. The highest BCUT2D eigenvalue weighted by atomic mass is 16.7. The lowest BCUT2D eigenvalue weighted by Crippen LogP contribution is -2.60. The van der Waals surface area contributed by atoms with Crippen LogP contribution in [0.25, 0.3) is 0 Å². The normalized spacial score (nSPS) is 20.1. The molecule has 0 spiro atoms. The van der Waals surface area contributed by atoms with Gasteiger partial charge >= 0.3 is 0 Å². The van der Waals surface area contributed by atoms with Crippen LogP contribution in [-0.4, -0.2) is 87.5 Å². The van der Waals surface area contributed by atoms with E-state index in [9.17, 15) is 30.3 Å². The zero-order valence-corrected chi connectivity index (χ0v) is 44.5. The fourth-order valence-electron chi connectivity index (χ4n) is 8.39. The smallest absolute Gasteiger partial charge is 0.220 e. The van der Waals surface area contributed by atoms with Gasteiger partial charge in [0.2, 0.25) is 5.91 Å². The first-order valence-corrected chi connectivity index (χ1v) is 28.5. The summed E-state index contributed by atoms with van der Waals surface area (Å²) < 4.78 is 11.2. The summed E-state index contributed by atoms with van der Waals surface area (Å²) in [6, 6.07) is -0.836. The molecular formula is C61H105NO8. The van der Waals surface area contributed by atoms with Crippen LogP contribution in [0.2, 0.25) is 0 Å². The van der Waals surface area contributed by atoms with Crippen molar-refractivity contribution < 1.29 is 39.8 Å². The molecule has 1 rings (SSSR count). The lowest BCUT2D eigenvalue weighted by Gasteiger charge is -2.40. The lowest BCUT2D eigenvalue weighted by atomic mass is 9.99. The molecule has 0 aromatic carbocycles. The third kappa shape index (κ3) is 38.7. The Morgan fingerprint density at radius 3 is 1.37 bits per heavy atom. The van der Waals surface area contributed by atoms with Crippen molar-refractivity contribution in [2.24, 2.45) is 0 Å². The summed E-state index contributed by atoms with van der Waals surface area (Å²) >= 11 is 0. The van der Waals surface area contributed by atoms with Crippen molar-refractivity contribution in [3.63, 3.8) is 0 Å². The number of aliphatic hydroxyl groups excluding tert-OH is 5. The van der Waals surface area contributed by atoms with Gasteiger partial charge in [0.25, 0.3) is 0 Å². The number of carbonyl (C=O) groups is 1. The number of unbranched alkanes of at least 4 members (excludes halogenated alkanes) is 23. The Hall–Kier alpha value is -2.89. The molecule has 0 saturated carbocycles. The summed E-state index contributed by atoms with van der Waals surface area (Å²) in [5.74, 6) is -0.198. The predicted molar refractivity (Wildman–Crippen MR) is 294 cm³/mol. The number of amides is 1. The SMILES string of the molecule is CC/C=C\C/C=C\C/C=C\C/C=C\C/C=C\CCCCCCCCCCCCCC(=O)NC(COC1OC(CO)C(O)C(O)C1O)C(O)/C=C/CC/C=C/CC/C=C/CCCCCCCCCCCC. The van der Waals surface area contributed by atoms with Gasteiger partial charge in [-0.1, -0.05) is 227 Å². The minimum Gasteiger partial charge on any atom is -0.394 e. The number of aliphatic hydroxyl groups is 5. The highest BCUT2D eigenvalue weighted by Crippen LogP contribution is 2.23. The molecule has 6 N–H and O–H groups in total. The van der Waals surface area contributed by atoms with E-state index in [-0.39, 0.29) is 12.5 Å². The van der Waals surface area contributed by atoms with Crippen LogP contribution in [0.15, 0.2) is 97.2 Å². The van der Waals surface area contributed by atoms with E-state index < -0.39 is 49.5 Å². The Labute approximate surface area is 428 Å². The van der Waals surface area contributed by atoms with E-state index in [0.717, 1.165) is 96.3 Å². The molecule has 7 unspecified atom stereocenters. The van der Waals surface area contributed by atoms with E-state index in [1.165, 1.54) is 109 Å². The van der Waals surface area contributed by atoms with Gasteiger partial charge in [-0.2, -0.15) is 0 Å². The molecule has 402 valence electrons. The van der Waals surface area contributed by atoms with Gasteiger partial charge in [0.1, 0.15) is 24.4 Å². The van der Waals surface area contributed by atoms with E-state index in [4.69, 9.17) is 9.47 Å². The van der Waals surface area contributed by atoms with Crippen molar-refractivity contribution in [1.29, 1.82) is 0 Å². The van der Waals surface area contributed by atoms with Gasteiger partial charge in [0, 0.05) is 6.42 Å². The maximum Gasteiger partial charge on any atom is 0.220 e. The van der Waals surface area contributed by atoms with Gasteiger partial charge in [0.05, 0.1) is 25.4 Å². The molecular weight excluding hydrogens is 875 g/mol. The molecule has 1 aliphatic heterocycles. The monoisotopic (exact) mass is 980 g/mol. The molecule has 0 aromatic heterocycles. The summed E-state index contributed by atoms with van der Waals surface area (Å²) in [6.07, 6.45) is 64.6. The predicted octanol–water partition coefficient (Wildman–Crippen LogP) is 14.0. The summed E-state index contributed by atoms with van der Waals surface area (Å²) in [4.78, 5) is 13.1. The number of hydrogen-bond donors (Lipinski definition) is 6. The Kier molecular flexibility index (Phi) is 46.2. The van der Waals surface area contributed by atoms with Crippen LogP contribution in [0.3, 0.4) is 0 Å². The highest BCUT2D eigenvalue weighted by Gasteiger charge is 2.44. The van der Waals surface area contributed by atoms with Crippen LogP contribution in [0.5, 0.6) is 0 Å². The van der Waals surface area contributed by atoms with Gasteiger partial charge in [-0.25, -0.2) is 0 Å². The molecule has 70 heavy (non-hydrogen) atoms. The number of ether oxygens (including phenoxy) is 2. The van der Waals surface area contributed by atoms with E-state index >= 15 is 0 Å². The van der Waals surface area contributed by atoms with E-state index in [2.05, 4.69) is 104 Å². The Balaban J connectivity index is 2.27. The molecule has 7 atom stereocenters. The van der Waals surface area contributed by atoms with Crippen molar-refractivity contribution in [2.45, 2.75) is 269 Å². The first-order valence-electron chi connectivity index (χ1n) is 28.5. The fraction of sp³-hybridized carbons (Fsp3) is 0.721. The second kappa shape index (κ2) is 49.7. The van der Waals surface area contributed by atoms with E-state index in [1.54, 1.807) is 6.08 Å². The van der Waals surface area contributed by atoms with Crippen LogP contribution in [0, 0.1) is 0 Å². The topological polar surface area (TPSA) is 149 Å². The number of carbonyl (C=O) groups excluding carboxylic acids is 1. The van der Waals surface area contributed by atoms with Crippen molar-refractivity contribution in [1.82, 2.24) is 5.32 Å². The summed E-state index contributed by atoms with van der Waals surface area (Å²) in [5, 5.41) is 54.5. The van der Waals surface area contributed by atoms with Crippen LogP contribution in [0.1, 0.15) is 226 Å². The van der Waals surface area contributed by atoms with Crippen LogP contribution in [0.4, 0.5) is 0 Å². The van der Waals surface area contributed by atoms with Crippen molar-refractivity contribution in [3.05, 3.63) is 97.2 Å². The minimum absolute atomic E-state index is 0.198. The Bertz CT molecular complexity index is 1420. The van der Waals surface area contributed by atoms with Gasteiger partial charge in [-0.3, -0.25) is 4.79 Å². The second-order valence-electron chi connectivity index (χ2n) is 19.3. The van der Waals surface area contributed by atoms with E-state index in [0.29, 0.717) is 6.42 Å². The zero-order valence-electron chi connectivity index (χ0n) is 44.5. The first kappa shape index (κ1) is 65.1. The van der Waals surface area contributed by atoms with Gasteiger partial charge in [-0.15, -0.1) is 0 Å².